The van der Waals surface area contributed by atoms with Crippen LogP contribution in [0.15, 0.2) is 24.3 Å². The number of hydrogen-bond donors (Lipinski definition) is 0. The van der Waals surface area contributed by atoms with E-state index >= 15 is 0 Å². The van der Waals surface area contributed by atoms with Gasteiger partial charge in [0.2, 0.25) is 0 Å². The Morgan fingerprint density at radius 1 is 1.11 bits per heavy atom. The van der Waals surface area contributed by atoms with Crippen molar-refractivity contribution in [1.82, 2.24) is 4.90 Å². The van der Waals surface area contributed by atoms with Crippen molar-refractivity contribution in [1.29, 1.82) is 0 Å². The van der Waals surface area contributed by atoms with Gasteiger partial charge >= 0.3 is 23.1 Å². The van der Waals surface area contributed by atoms with E-state index in [1.165, 1.54) is 44.3 Å². The molecule has 3 heteroatoms. The molecule has 0 heterocycles. The first-order valence-electron chi connectivity index (χ1n) is 6.54. The summed E-state index contributed by atoms with van der Waals surface area (Å²) in [4.78, 5) is 2.57. The quantitative estimate of drug-likeness (QED) is 0.498. The molecule has 1 rings (SSSR count). The predicted octanol–water partition coefficient (Wildman–Crippen LogP) is 0.512. The maximum atomic E-state index is 3.15. The number of hydrogen-bond acceptors (Lipinski definition) is 1. The molecular weight excluding hydrogens is 298 g/mol. The van der Waals surface area contributed by atoms with E-state index < -0.39 is 0 Å². The number of unbranched alkanes of at least 4 members (excludes halogenated alkanes) is 2. The van der Waals surface area contributed by atoms with Crippen molar-refractivity contribution < 1.29 is 17.0 Å². The van der Waals surface area contributed by atoms with Gasteiger partial charge in [0.1, 0.15) is 0 Å². The molecule has 0 N–H and O–H groups in total. The molecule has 0 aromatic heterocycles. The molecule has 0 atom stereocenters. The van der Waals surface area contributed by atoms with E-state index in [1.807, 2.05) is 6.07 Å². The zero-order valence-corrected chi connectivity index (χ0v) is 14.8. The van der Waals surface area contributed by atoms with Crippen LogP contribution in [-0.4, -0.2) is 41.0 Å². The Kier molecular flexibility index (Phi) is 16.0. The SMILES string of the molecule is CCCCN(CCCC)Cc1c[c-]ccc1.[Br-].[Mg+2]. The minimum absolute atomic E-state index is 0. The Bertz CT molecular complexity index is 258. The second-order valence-electron chi connectivity index (χ2n) is 4.39. The van der Waals surface area contributed by atoms with E-state index in [0.29, 0.717) is 0 Å². The maximum Gasteiger partial charge on any atom is 2.00 e. The predicted molar refractivity (Wildman–Crippen MR) is 76.1 cm³/mol. The van der Waals surface area contributed by atoms with Crippen molar-refractivity contribution in [3.63, 3.8) is 0 Å². The van der Waals surface area contributed by atoms with Crippen LogP contribution in [0.3, 0.4) is 0 Å². The second kappa shape index (κ2) is 13.8. The fraction of sp³-hybridized carbons (Fsp3) is 0.600. The summed E-state index contributed by atoms with van der Waals surface area (Å²) in [6.45, 7) is 8.05. The standard InChI is InChI=1S/C15H24N.BrH.Mg/c1-3-5-12-16(13-6-4-2)14-15-10-8-7-9-11-15;;/h7-8,10-11H,3-6,12-14H2,1-2H3;1H;/q-1;;+2/p-1. The van der Waals surface area contributed by atoms with E-state index in [2.05, 4.69) is 43.0 Å². The Labute approximate surface area is 139 Å². The molecule has 0 spiro atoms. The fourth-order valence-corrected chi connectivity index (χ4v) is 1.82. The van der Waals surface area contributed by atoms with Crippen molar-refractivity contribution in [2.45, 2.75) is 46.1 Å². The number of halogens is 1. The zero-order valence-electron chi connectivity index (χ0n) is 11.8. The van der Waals surface area contributed by atoms with Crippen LogP contribution in [0.4, 0.5) is 0 Å². The molecule has 18 heavy (non-hydrogen) atoms. The third-order valence-electron chi connectivity index (χ3n) is 2.83. The topological polar surface area (TPSA) is 3.24 Å². The summed E-state index contributed by atoms with van der Waals surface area (Å²) in [7, 11) is 0. The minimum atomic E-state index is 0. The summed E-state index contributed by atoms with van der Waals surface area (Å²) < 4.78 is 0. The summed E-state index contributed by atoms with van der Waals surface area (Å²) in [5.41, 5.74) is 1.38. The summed E-state index contributed by atoms with van der Waals surface area (Å²) in [5.74, 6) is 0. The van der Waals surface area contributed by atoms with Crippen LogP contribution in [0.2, 0.25) is 0 Å². The molecule has 1 nitrogen and oxygen atoms in total. The van der Waals surface area contributed by atoms with Crippen molar-refractivity contribution in [2.75, 3.05) is 13.1 Å². The van der Waals surface area contributed by atoms with Crippen molar-refractivity contribution in [3.8, 4) is 0 Å². The molecule has 0 aliphatic rings. The van der Waals surface area contributed by atoms with Gasteiger partial charge in [0, 0.05) is 0 Å². The van der Waals surface area contributed by atoms with Gasteiger partial charge in [0.25, 0.3) is 0 Å². The molecule has 98 valence electrons. The van der Waals surface area contributed by atoms with E-state index in [1.54, 1.807) is 0 Å². The van der Waals surface area contributed by atoms with Crippen LogP contribution >= 0.6 is 0 Å². The van der Waals surface area contributed by atoms with Gasteiger partial charge in [-0.2, -0.15) is 30.3 Å². The molecular formula is C15H24BrMgN. The smallest absolute Gasteiger partial charge is 1.00 e. The molecule has 0 saturated carbocycles. The molecule has 0 fully saturated rings. The number of benzene rings is 1. The molecule has 0 unspecified atom stereocenters. The van der Waals surface area contributed by atoms with Crippen LogP contribution in [-0.2, 0) is 6.54 Å². The number of nitrogens with zero attached hydrogens (tertiary/aromatic N) is 1. The first-order valence-corrected chi connectivity index (χ1v) is 6.54. The molecule has 1 aromatic rings. The Balaban J connectivity index is 0. The molecule has 0 aliphatic carbocycles. The van der Waals surface area contributed by atoms with Crippen LogP contribution in [0.5, 0.6) is 0 Å². The van der Waals surface area contributed by atoms with E-state index in [-0.39, 0.29) is 40.0 Å². The molecule has 0 radical (unpaired) electrons. The van der Waals surface area contributed by atoms with E-state index in [0.717, 1.165) is 6.54 Å². The van der Waals surface area contributed by atoms with Crippen LogP contribution < -0.4 is 17.0 Å². The second-order valence-corrected chi connectivity index (χ2v) is 4.39. The Morgan fingerprint density at radius 2 is 1.72 bits per heavy atom. The Morgan fingerprint density at radius 3 is 2.17 bits per heavy atom. The first-order chi connectivity index (χ1) is 7.86. The van der Waals surface area contributed by atoms with Gasteiger partial charge in [-0.15, -0.1) is 5.56 Å². The summed E-state index contributed by atoms with van der Waals surface area (Å²) in [6, 6.07) is 11.5. The van der Waals surface area contributed by atoms with Crippen molar-refractivity contribution >= 4 is 23.1 Å². The molecule has 0 amide bonds. The van der Waals surface area contributed by atoms with Crippen LogP contribution in [0.25, 0.3) is 0 Å². The summed E-state index contributed by atoms with van der Waals surface area (Å²) >= 11 is 0. The van der Waals surface area contributed by atoms with Crippen molar-refractivity contribution in [3.05, 3.63) is 35.9 Å². The molecule has 0 saturated heterocycles. The third kappa shape index (κ3) is 9.37. The van der Waals surface area contributed by atoms with Gasteiger partial charge in [-0.25, -0.2) is 0 Å². The molecule has 0 bridgehead atoms. The minimum Gasteiger partial charge on any atom is -1.00 e. The van der Waals surface area contributed by atoms with Crippen molar-refractivity contribution in [2.24, 2.45) is 0 Å². The van der Waals surface area contributed by atoms with Gasteiger partial charge in [-0.05, 0) is 32.5 Å². The normalized spacial score (nSPS) is 9.72. The van der Waals surface area contributed by atoms with E-state index in [9.17, 15) is 0 Å². The summed E-state index contributed by atoms with van der Waals surface area (Å²) in [6.07, 6.45) is 5.17. The monoisotopic (exact) mass is 321 g/mol. The van der Waals surface area contributed by atoms with E-state index in [4.69, 9.17) is 0 Å². The van der Waals surface area contributed by atoms with Crippen LogP contribution in [0, 0.1) is 6.07 Å². The summed E-state index contributed by atoms with van der Waals surface area (Å²) in [5, 5.41) is 0. The maximum absolute atomic E-state index is 3.15. The van der Waals surface area contributed by atoms with Gasteiger partial charge < -0.3 is 21.9 Å². The van der Waals surface area contributed by atoms with Gasteiger partial charge in [-0.3, -0.25) is 0 Å². The Hall–Kier alpha value is 0.426. The molecule has 0 aliphatic heterocycles. The average molecular weight is 323 g/mol. The van der Waals surface area contributed by atoms with Gasteiger partial charge in [-0.1, -0.05) is 26.7 Å². The van der Waals surface area contributed by atoms with Gasteiger partial charge in [0.05, 0.1) is 0 Å². The average Bonchev–Trinajstić information content (AvgIpc) is 2.34. The molecule has 1 aromatic carbocycles. The fourth-order valence-electron chi connectivity index (χ4n) is 1.82. The zero-order chi connectivity index (χ0) is 11.6. The number of rotatable bonds is 8. The first kappa shape index (κ1) is 20.7. The van der Waals surface area contributed by atoms with Crippen LogP contribution in [0.1, 0.15) is 45.1 Å². The third-order valence-corrected chi connectivity index (χ3v) is 2.83. The largest absolute Gasteiger partial charge is 2.00 e. The van der Waals surface area contributed by atoms with Gasteiger partial charge in [0.15, 0.2) is 0 Å².